The molecule has 1 unspecified atom stereocenters. The number of benzene rings is 1. The van der Waals surface area contributed by atoms with Crippen LogP contribution in [0.5, 0.6) is 0 Å². The van der Waals surface area contributed by atoms with Crippen LogP contribution in [0.25, 0.3) is 0 Å². The number of tetrazole rings is 1. The molecule has 1 aromatic heterocycles. The highest BCUT2D eigenvalue weighted by molar-refractivity contribution is 7.99. The van der Waals surface area contributed by atoms with E-state index in [4.69, 9.17) is 5.73 Å². The minimum atomic E-state index is -0.546. The first kappa shape index (κ1) is 12.4. The van der Waals surface area contributed by atoms with Crippen molar-refractivity contribution in [2.24, 2.45) is 0 Å². The van der Waals surface area contributed by atoms with Crippen LogP contribution >= 0.6 is 11.8 Å². The largest absolute Gasteiger partial charge is 0.399 e. The number of nitrogens with two attached hydrogens (primary N) is 1. The van der Waals surface area contributed by atoms with E-state index in [1.807, 2.05) is 16.8 Å². The minimum Gasteiger partial charge on any atom is -0.399 e. The molecule has 7 heteroatoms. The van der Waals surface area contributed by atoms with Crippen molar-refractivity contribution in [3.63, 3.8) is 0 Å². The van der Waals surface area contributed by atoms with E-state index in [1.54, 1.807) is 12.1 Å². The van der Waals surface area contributed by atoms with E-state index in [0.717, 1.165) is 23.6 Å². The van der Waals surface area contributed by atoms with E-state index in [9.17, 15) is 5.11 Å². The number of rotatable bonds is 5. The SMILES string of the molecule is Nc1ccc(C(O)CSc2nnnn2C2CC2)cc1. The summed E-state index contributed by atoms with van der Waals surface area (Å²) >= 11 is 1.47. The maximum absolute atomic E-state index is 10.1. The molecule has 3 rings (SSSR count). The molecular weight excluding hydrogens is 262 g/mol. The van der Waals surface area contributed by atoms with Gasteiger partial charge < -0.3 is 10.8 Å². The lowest BCUT2D eigenvalue weighted by atomic mass is 10.1. The van der Waals surface area contributed by atoms with Gasteiger partial charge in [-0.1, -0.05) is 23.9 Å². The molecule has 19 heavy (non-hydrogen) atoms. The molecule has 0 amide bonds. The van der Waals surface area contributed by atoms with E-state index in [-0.39, 0.29) is 0 Å². The van der Waals surface area contributed by atoms with E-state index < -0.39 is 6.10 Å². The fourth-order valence-corrected chi connectivity index (χ4v) is 2.71. The zero-order chi connectivity index (χ0) is 13.2. The van der Waals surface area contributed by atoms with Crippen molar-refractivity contribution in [1.82, 2.24) is 20.2 Å². The lowest BCUT2D eigenvalue weighted by molar-refractivity contribution is 0.204. The van der Waals surface area contributed by atoms with Gasteiger partial charge in [-0.25, -0.2) is 4.68 Å². The third-order valence-electron chi connectivity index (χ3n) is 3.05. The lowest BCUT2D eigenvalue weighted by Crippen LogP contribution is -2.04. The molecule has 0 radical (unpaired) electrons. The Hall–Kier alpha value is -1.60. The molecule has 0 aliphatic heterocycles. The first-order valence-electron chi connectivity index (χ1n) is 6.18. The molecular formula is C12H15N5OS. The average molecular weight is 277 g/mol. The van der Waals surface area contributed by atoms with Gasteiger partial charge in [0.05, 0.1) is 12.1 Å². The molecule has 1 heterocycles. The van der Waals surface area contributed by atoms with E-state index >= 15 is 0 Å². The second-order valence-corrected chi connectivity index (χ2v) is 5.62. The van der Waals surface area contributed by atoms with Crippen LogP contribution < -0.4 is 5.73 Å². The van der Waals surface area contributed by atoms with Gasteiger partial charge in [-0.15, -0.1) is 5.10 Å². The summed E-state index contributed by atoms with van der Waals surface area (Å²) < 4.78 is 1.85. The Bertz CT molecular complexity index is 552. The molecule has 3 N–H and O–H groups in total. The second kappa shape index (κ2) is 5.18. The molecule has 0 spiro atoms. The van der Waals surface area contributed by atoms with Crippen LogP contribution in [0.15, 0.2) is 29.4 Å². The third-order valence-corrected chi connectivity index (χ3v) is 4.06. The maximum atomic E-state index is 10.1. The predicted octanol–water partition coefficient (Wildman–Crippen LogP) is 1.42. The Balaban J connectivity index is 1.62. The molecule has 100 valence electrons. The Morgan fingerprint density at radius 2 is 2.11 bits per heavy atom. The molecule has 1 aromatic carbocycles. The van der Waals surface area contributed by atoms with Gasteiger partial charge in [0.1, 0.15) is 0 Å². The van der Waals surface area contributed by atoms with Crippen molar-refractivity contribution in [2.75, 3.05) is 11.5 Å². The molecule has 0 bridgehead atoms. The Morgan fingerprint density at radius 1 is 1.37 bits per heavy atom. The lowest BCUT2D eigenvalue weighted by Gasteiger charge is -2.10. The van der Waals surface area contributed by atoms with Crippen molar-refractivity contribution in [1.29, 1.82) is 0 Å². The Morgan fingerprint density at radius 3 is 2.79 bits per heavy atom. The smallest absolute Gasteiger partial charge is 0.209 e. The van der Waals surface area contributed by atoms with Crippen LogP contribution in [-0.2, 0) is 0 Å². The first-order chi connectivity index (χ1) is 9.24. The van der Waals surface area contributed by atoms with Crippen LogP contribution in [0.4, 0.5) is 5.69 Å². The Kier molecular flexibility index (Phi) is 3.39. The Labute approximate surface area is 115 Å². The molecule has 1 atom stereocenters. The molecule has 6 nitrogen and oxygen atoms in total. The number of aliphatic hydroxyl groups excluding tert-OH is 1. The number of aromatic nitrogens is 4. The standard InChI is InChI=1S/C12H15N5OS/c13-9-3-1-8(2-4-9)11(18)7-19-12-14-15-16-17(12)10-5-6-10/h1-4,10-11,18H,5-7,13H2. The van der Waals surface area contributed by atoms with Crippen molar-refractivity contribution < 1.29 is 5.11 Å². The van der Waals surface area contributed by atoms with Crippen LogP contribution in [0, 0.1) is 0 Å². The van der Waals surface area contributed by atoms with Gasteiger partial charge in [-0.05, 0) is 41.0 Å². The normalized spacial score (nSPS) is 16.5. The first-order valence-corrected chi connectivity index (χ1v) is 7.17. The quantitative estimate of drug-likeness (QED) is 0.634. The summed E-state index contributed by atoms with van der Waals surface area (Å²) in [6, 6.07) is 7.70. The van der Waals surface area contributed by atoms with Crippen molar-refractivity contribution in [3.8, 4) is 0 Å². The highest BCUT2D eigenvalue weighted by atomic mass is 32.2. The molecule has 1 saturated carbocycles. The van der Waals surface area contributed by atoms with E-state index in [2.05, 4.69) is 15.5 Å². The number of aliphatic hydroxyl groups is 1. The van der Waals surface area contributed by atoms with Gasteiger partial charge in [0.25, 0.3) is 0 Å². The average Bonchev–Trinajstić information content (AvgIpc) is 3.16. The number of anilines is 1. The molecule has 2 aromatic rings. The van der Waals surface area contributed by atoms with Gasteiger partial charge in [-0.2, -0.15) is 0 Å². The summed E-state index contributed by atoms with van der Waals surface area (Å²) in [4.78, 5) is 0. The van der Waals surface area contributed by atoms with Gasteiger partial charge in [0.15, 0.2) is 0 Å². The number of nitrogen functional groups attached to an aromatic ring is 1. The van der Waals surface area contributed by atoms with Crippen molar-refractivity contribution >= 4 is 17.4 Å². The van der Waals surface area contributed by atoms with Gasteiger partial charge in [-0.3, -0.25) is 0 Å². The topological polar surface area (TPSA) is 89.8 Å². The van der Waals surface area contributed by atoms with Gasteiger partial charge >= 0.3 is 0 Å². The second-order valence-electron chi connectivity index (χ2n) is 4.63. The van der Waals surface area contributed by atoms with E-state index in [1.165, 1.54) is 11.8 Å². The molecule has 1 aliphatic carbocycles. The summed E-state index contributed by atoms with van der Waals surface area (Å²) in [5.41, 5.74) is 7.17. The van der Waals surface area contributed by atoms with Crippen LogP contribution in [-0.4, -0.2) is 31.1 Å². The zero-order valence-corrected chi connectivity index (χ0v) is 11.1. The van der Waals surface area contributed by atoms with Crippen LogP contribution in [0.2, 0.25) is 0 Å². The highest BCUT2D eigenvalue weighted by Gasteiger charge is 2.28. The van der Waals surface area contributed by atoms with E-state index in [0.29, 0.717) is 17.5 Å². The van der Waals surface area contributed by atoms with Gasteiger partial charge in [0.2, 0.25) is 5.16 Å². The zero-order valence-electron chi connectivity index (χ0n) is 10.3. The fourth-order valence-electron chi connectivity index (χ4n) is 1.80. The summed E-state index contributed by atoms with van der Waals surface area (Å²) in [6.07, 6.45) is 1.73. The van der Waals surface area contributed by atoms with Gasteiger partial charge in [0, 0.05) is 11.4 Å². The monoisotopic (exact) mass is 277 g/mol. The number of nitrogens with zero attached hydrogens (tertiary/aromatic N) is 4. The van der Waals surface area contributed by atoms with Crippen LogP contribution in [0.3, 0.4) is 0 Å². The summed E-state index contributed by atoms with van der Waals surface area (Å²) in [5, 5.41) is 22.5. The number of hydrogen-bond donors (Lipinski definition) is 2. The molecule has 1 aliphatic rings. The van der Waals surface area contributed by atoms with Crippen LogP contribution in [0.1, 0.15) is 30.6 Å². The summed E-state index contributed by atoms with van der Waals surface area (Å²) in [7, 11) is 0. The predicted molar refractivity (Wildman–Crippen MR) is 72.6 cm³/mol. The summed E-state index contributed by atoms with van der Waals surface area (Å²) in [6.45, 7) is 0. The molecule has 1 fully saturated rings. The summed E-state index contributed by atoms with van der Waals surface area (Å²) in [5.74, 6) is 0.525. The number of hydrogen-bond acceptors (Lipinski definition) is 6. The number of thioether (sulfide) groups is 1. The van der Waals surface area contributed by atoms with Crippen molar-refractivity contribution in [3.05, 3.63) is 29.8 Å². The maximum Gasteiger partial charge on any atom is 0.209 e. The fraction of sp³-hybridized carbons (Fsp3) is 0.417. The minimum absolute atomic E-state index is 0.450. The highest BCUT2D eigenvalue weighted by Crippen LogP contribution is 2.36. The third kappa shape index (κ3) is 2.87. The van der Waals surface area contributed by atoms with Crippen molar-refractivity contribution in [2.45, 2.75) is 30.1 Å². The molecule has 0 saturated heterocycles.